The monoisotopic (exact) mass is 405 g/mol. The quantitative estimate of drug-likeness (QED) is 0.672. The Balaban J connectivity index is 1.47. The molecule has 2 heterocycles. The molecule has 1 aliphatic heterocycles. The second-order valence-corrected chi connectivity index (χ2v) is 9.01. The van der Waals surface area contributed by atoms with Crippen molar-refractivity contribution < 1.29 is 17.6 Å². The van der Waals surface area contributed by atoms with Crippen LogP contribution < -0.4 is 0 Å². The lowest BCUT2D eigenvalue weighted by molar-refractivity contribution is 0.0698. The van der Waals surface area contributed by atoms with E-state index in [0.717, 1.165) is 16.3 Å². The van der Waals surface area contributed by atoms with Crippen LogP contribution in [-0.2, 0) is 10.0 Å². The predicted octanol–water partition coefficient (Wildman–Crippen LogP) is 2.58. The highest BCUT2D eigenvalue weighted by atomic mass is 32.2. The zero-order valence-corrected chi connectivity index (χ0v) is 15.8. The summed E-state index contributed by atoms with van der Waals surface area (Å²) in [5.41, 5.74) is 3.14. The molecular formula is C18H16FN3O3S2. The number of hydrogen-bond acceptors (Lipinski definition) is 5. The number of sulfonamides is 1. The number of benzene rings is 2. The molecule has 1 fully saturated rings. The van der Waals surface area contributed by atoms with Gasteiger partial charge in [0.15, 0.2) is 0 Å². The van der Waals surface area contributed by atoms with Gasteiger partial charge in [0, 0.05) is 31.7 Å². The molecule has 0 N–H and O–H groups in total. The minimum Gasteiger partial charge on any atom is -0.336 e. The first kappa shape index (κ1) is 18.0. The molecule has 1 aromatic heterocycles. The Morgan fingerprint density at radius 1 is 1.07 bits per heavy atom. The number of carbonyl (C=O) groups is 1. The average Bonchev–Trinajstić information content (AvgIpc) is 3.15. The van der Waals surface area contributed by atoms with E-state index >= 15 is 0 Å². The highest BCUT2D eigenvalue weighted by molar-refractivity contribution is 7.89. The van der Waals surface area contributed by atoms with Crippen LogP contribution in [0.3, 0.4) is 0 Å². The van der Waals surface area contributed by atoms with E-state index in [1.165, 1.54) is 33.8 Å². The van der Waals surface area contributed by atoms with Crippen LogP contribution in [0, 0.1) is 5.82 Å². The lowest BCUT2D eigenvalue weighted by atomic mass is 10.2. The largest absolute Gasteiger partial charge is 0.336 e. The molecule has 1 amide bonds. The maximum atomic E-state index is 13.4. The first-order valence-corrected chi connectivity index (χ1v) is 10.7. The Hall–Kier alpha value is -2.36. The molecule has 1 saturated heterocycles. The first-order valence-electron chi connectivity index (χ1n) is 8.33. The van der Waals surface area contributed by atoms with Crippen molar-refractivity contribution in [1.82, 2.24) is 14.2 Å². The van der Waals surface area contributed by atoms with Gasteiger partial charge < -0.3 is 4.90 Å². The summed E-state index contributed by atoms with van der Waals surface area (Å²) in [5.74, 6) is -0.726. The minimum absolute atomic E-state index is 0.0714. The summed E-state index contributed by atoms with van der Waals surface area (Å²) >= 11 is 1.47. The minimum atomic E-state index is -3.77. The van der Waals surface area contributed by atoms with E-state index in [4.69, 9.17) is 0 Å². The summed E-state index contributed by atoms with van der Waals surface area (Å²) in [4.78, 5) is 18.5. The second kappa shape index (κ2) is 6.99. The highest BCUT2D eigenvalue weighted by Crippen LogP contribution is 2.22. The Morgan fingerprint density at radius 3 is 2.59 bits per heavy atom. The van der Waals surface area contributed by atoms with Gasteiger partial charge in [0.25, 0.3) is 5.91 Å². The number of piperazine rings is 1. The van der Waals surface area contributed by atoms with Crippen molar-refractivity contribution >= 4 is 37.5 Å². The van der Waals surface area contributed by atoms with Gasteiger partial charge in [-0.2, -0.15) is 4.31 Å². The number of aromatic nitrogens is 1. The summed E-state index contributed by atoms with van der Waals surface area (Å²) < 4.78 is 40.9. The molecule has 0 saturated carbocycles. The first-order chi connectivity index (χ1) is 12.9. The molecule has 140 valence electrons. The zero-order valence-electron chi connectivity index (χ0n) is 14.2. The van der Waals surface area contributed by atoms with Crippen LogP contribution in [0.2, 0.25) is 0 Å². The van der Waals surface area contributed by atoms with Crippen molar-refractivity contribution in [3.63, 3.8) is 0 Å². The maximum Gasteiger partial charge on any atom is 0.253 e. The van der Waals surface area contributed by atoms with Gasteiger partial charge in [-0.1, -0.05) is 6.07 Å². The number of halogens is 1. The zero-order chi connectivity index (χ0) is 19.0. The van der Waals surface area contributed by atoms with Crippen molar-refractivity contribution in [2.45, 2.75) is 4.90 Å². The smallest absolute Gasteiger partial charge is 0.253 e. The van der Waals surface area contributed by atoms with Gasteiger partial charge in [-0.15, -0.1) is 11.3 Å². The summed E-state index contributed by atoms with van der Waals surface area (Å²) in [6.45, 7) is 0.920. The number of amides is 1. The van der Waals surface area contributed by atoms with Crippen LogP contribution in [0.4, 0.5) is 4.39 Å². The molecule has 6 nitrogen and oxygen atoms in total. The van der Waals surface area contributed by atoms with Crippen molar-refractivity contribution in [2.75, 3.05) is 26.2 Å². The van der Waals surface area contributed by atoms with Gasteiger partial charge in [0.1, 0.15) is 5.82 Å². The molecular weight excluding hydrogens is 389 g/mol. The Labute approximate surface area is 159 Å². The standard InChI is InChI=1S/C18H16FN3O3S2/c19-14-2-1-3-15(11-14)27(24,25)22-8-6-21(7-9-22)18(23)13-4-5-16-17(10-13)26-12-20-16/h1-5,10-12H,6-9H2. The topological polar surface area (TPSA) is 70.6 Å². The van der Waals surface area contributed by atoms with Crippen LogP contribution >= 0.6 is 11.3 Å². The van der Waals surface area contributed by atoms with E-state index in [-0.39, 0.29) is 37.0 Å². The Morgan fingerprint density at radius 2 is 1.85 bits per heavy atom. The van der Waals surface area contributed by atoms with Gasteiger partial charge in [-0.05, 0) is 36.4 Å². The SMILES string of the molecule is O=C(c1ccc2ncsc2c1)N1CCN(S(=O)(=O)c2cccc(F)c2)CC1. The molecule has 0 spiro atoms. The summed E-state index contributed by atoms with van der Waals surface area (Å²) in [7, 11) is -3.77. The molecule has 0 atom stereocenters. The molecule has 0 unspecified atom stereocenters. The fourth-order valence-electron chi connectivity index (χ4n) is 3.08. The van der Waals surface area contributed by atoms with Crippen molar-refractivity contribution in [3.8, 4) is 0 Å². The number of nitrogens with zero attached hydrogens (tertiary/aromatic N) is 3. The van der Waals surface area contributed by atoms with Crippen LogP contribution in [0.15, 0.2) is 52.9 Å². The molecule has 0 radical (unpaired) electrons. The van der Waals surface area contributed by atoms with Crippen LogP contribution in [-0.4, -0.2) is 54.7 Å². The number of rotatable bonds is 3. The molecule has 1 aliphatic rings. The molecule has 2 aromatic carbocycles. The van der Waals surface area contributed by atoms with Gasteiger partial charge in [0.2, 0.25) is 10.0 Å². The predicted molar refractivity (Wildman–Crippen MR) is 101 cm³/mol. The summed E-state index contributed by atoms with van der Waals surface area (Å²) in [6, 6.07) is 10.3. The lowest BCUT2D eigenvalue weighted by Crippen LogP contribution is -2.50. The van der Waals surface area contributed by atoms with Gasteiger partial charge in [0.05, 0.1) is 20.6 Å². The van der Waals surface area contributed by atoms with Crippen molar-refractivity contribution in [2.24, 2.45) is 0 Å². The maximum absolute atomic E-state index is 13.4. The van der Waals surface area contributed by atoms with E-state index in [2.05, 4.69) is 4.98 Å². The average molecular weight is 405 g/mol. The molecule has 4 rings (SSSR count). The number of carbonyl (C=O) groups excluding carboxylic acids is 1. The number of fused-ring (bicyclic) bond motifs is 1. The third kappa shape index (κ3) is 3.45. The van der Waals surface area contributed by atoms with Gasteiger partial charge in [-0.25, -0.2) is 17.8 Å². The van der Waals surface area contributed by atoms with E-state index in [9.17, 15) is 17.6 Å². The van der Waals surface area contributed by atoms with Crippen LogP contribution in [0.1, 0.15) is 10.4 Å². The van der Waals surface area contributed by atoms with Crippen molar-refractivity contribution in [1.29, 1.82) is 0 Å². The fraction of sp³-hybridized carbons (Fsp3) is 0.222. The molecule has 9 heteroatoms. The van der Waals surface area contributed by atoms with Crippen LogP contribution in [0.25, 0.3) is 10.2 Å². The fourth-order valence-corrected chi connectivity index (χ4v) is 5.25. The molecule has 0 bridgehead atoms. The van der Waals surface area contributed by atoms with E-state index in [1.807, 2.05) is 12.1 Å². The highest BCUT2D eigenvalue weighted by Gasteiger charge is 2.30. The summed E-state index contributed by atoms with van der Waals surface area (Å²) in [6.07, 6.45) is 0. The lowest BCUT2D eigenvalue weighted by Gasteiger charge is -2.34. The normalized spacial score (nSPS) is 16.0. The number of hydrogen-bond donors (Lipinski definition) is 0. The Bertz CT molecular complexity index is 1110. The third-order valence-corrected chi connectivity index (χ3v) is 7.22. The molecule has 3 aromatic rings. The van der Waals surface area contributed by atoms with Gasteiger partial charge in [-0.3, -0.25) is 4.79 Å². The van der Waals surface area contributed by atoms with Crippen molar-refractivity contribution in [3.05, 3.63) is 59.4 Å². The summed E-state index contributed by atoms with van der Waals surface area (Å²) in [5, 5.41) is 0. The molecule has 0 aliphatic carbocycles. The number of thiazole rings is 1. The Kier molecular flexibility index (Phi) is 4.67. The van der Waals surface area contributed by atoms with Crippen LogP contribution in [0.5, 0.6) is 0 Å². The van der Waals surface area contributed by atoms with E-state index in [0.29, 0.717) is 5.56 Å². The van der Waals surface area contributed by atoms with E-state index < -0.39 is 15.8 Å². The third-order valence-electron chi connectivity index (χ3n) is 4.54. The van der Waals surface area contributed by atoms with Gasteiger partial charge >= 0.3 is 0 Å². The second-order valence-electron chi connectivity index (χ2n) is 6.19. The van der Waals surface area contributed by atoms with E-state index in [1.54, 1.807) is 16.5 Å². The molecule has 27 heavy (non-hydrogen) atoms.